The Bertz CT molecular complexity index is 195. The summed E-state index contributed by atoms with van der Waals surface area (Å²) < 4.78 is 4.61. The van der Waals surface area contributed by atoms with E-state index >= 15 is 0 Å². The van der Waals surface area contributed by atoms with Crippen LogP contribution in [0.5, 0.6) is 5.88 Å². The second-order valence-corrected chi connectivity index (χ2v) is 2.12. The van der Waals surface area contributed by atoms with Crippen LogP contribution in [0.3, 0.4) is 0 Å². The molecular weight excluding hydrogens is 120 g/mol. The Kier molecular flexibility index (Phi) is 1.38. The van der Waals surface area contributed by atoms with Crippen LogP contribution in [0.25, 0.3) is 0 Å². The van der Waals surface area contributed by atoms with E-state index in [1.807, 2.05) is 13.8 Å². The number of hydrogen-bond acceptors (Lipinski definition) is 4. The molecule has 0 aliphatic carbocycles. The zero-order valence-electron chi connectivity index (χ0n) is 5.33. The maximum atomic E-state index is 8.85. The zero-order valence-corrected chi connectivity index (χ0v) is 5.33. The molecule has 0 aliphatic rings. The molecule has 1 aromatic rings. The van der Waals surface area contributed by atoms with Gasteiger partial charge < -0.3 is 9.63 Å². The van der Waals surface area contributed by atoms with E-state index in [-0.39, 0.29) is 11.8 Å². The van der Waals surface area contributed by atoms with Crippen LogP contribution in [0.15, 0.2) is 4.52 Å². The van der Waals surface area contributed by atoms with Gasteiger partial charge in [-0.2, -0.15) is 0 Å². The summed E-state index contributed by atoms with van der Waals surface area (Å²) in [5, 5.41) is 15.3. The molecule has 50 valence electrons. The van der Waals surface area contributed by atoms with E-state index in [1.54, 1.807) is 0 Å². The largest absolute Gasteiger partial charge is 0.490 e. The van der Waals surface area contributed by atoms with Gasteiger partial charge in [-0.3, -0.25) is 0 Å². The highest BCUT2D eigenvalue weighted by atomic mass is 16.5. The van der Waals surface area contributed by atoms with Crippen LogP contribution in [-0.4, -0.2) is 15.5 Å². The van der Waals surface area contributed by atoms with Gasteiger partial charge >= 0.3 is 0 Å². The fourth-order valence-corrected chi connectivity index (χ4v) is 0.557. The van der Waals surface area contributed by atoms with Crippen LogP contribution in [0, 0.1) is 0 Å². The lowest BCUT2D eigenvalue weighted by molar-refractivity contribution is 0.347. The molecule has 0 saturated heterocycles. The van der Waals surface area contributed by atoms with Crippen LogP contribution in [-0.2, 0) is 0 Å². The molecule has 4 heteroatoms. The maximum Gasteiger partial charge on any atom is 0.276 e. The summed E-state index contributed by atoms with van der Waals surface area (Å²) in [5.41, 5.74) is 0. The topological polar surface area (TPSA) is 59.2 Å². The highest BCUT2D eigenvalue weighted by Gasteiger charge is 2.11. The van der Waals surface area contributed by atoms with Gasteiger partial charge in [-0.1, -0.05) is 18.9 Å². The minimum absolute atomic E-state index is 0.106. The van der Waals surface area contributed by atoms with E-state index in [1.165, 1.54) is 0 Å². The predicted molar refractivity (Wildman–Crippen MR) is 30.1 cm³/mol. The summed E-state index contributed by atoms with van der Waals surface area (Å²) in [6.45, 7) is 3.78. The molecule has 1 N–H and O–H groups in total. The van der Waals surface area contributed by atoms with Gasteiger partial charge in [-0.25, -0.2) is 0 Å². The lowest BCUT2D eigenvalue weighted by Gasteiger charge is -1.93. The van der Waals surface area contributed by atoms with Crippen LogP contribution in [0.1, 0.15) is 25.5 Å². The first-order valence-corrected chi connectivity index (χ1v) is 2.73. The van der Waals surface area contributed by atoms with Crippen LogP contribution < -0.4 is 0 Å². The number of aromatic nitrogens is 2. The predicted octanol–water partition coefficient (Wildman–Crippen LogP) is 0.899. The SMILES string of the molecule is CC(C)c1onnc1O. The van der Waals surface area contributed by atoms with Crippen molar-refractivity contribution in [1.82, 2.24) is 10.4 Å². The highest BCUT2D eigenvalue weighted by Crippen LogP contribution is 2.20. The molecule has 0 aliphatic heterocycles. The summed E-state index contributed by atoms with van der Waals surface area (Å²) in [5.74, 6) is 0.472. The molecule has 9 heavy (non-hydrogen) atoms. The van der Waals surface area contributed by atoms with Crippen molar-refractivity contribution >= 4 is 0 Å². The summed E-state index contributed by atoms with van der Waals surface area (Å²) in [7, 11) is 0. The molecule has 4 nitrogen and oxygen atoms in total. The summed E-state index contributed by atoms with van der Waals surface area (Å²) in [6.07, 6.45) is 0. The Morgan fingerprint density at radius 1 is 1.56 bits per heavy atom. The van der Waals surface area contributed by atoms with E-state index in [9.17, 15) is 0 Å². The molecule has 0 unspecified atom stereocenters. The fourth-order valence-electron chi connectivity index (χ4n) is 0.557. The minimum atomic E-state index is -0.106. The Morgan fingerprint density at radius 2 is 2.22 bits per heavy atom. The minimum Gasteiger partial charge on any atom is -0.490 e. The first-order chi connectivity index (χ1) is 4.22. The van der Waals surface area contributed by atoms with Gasteiger partial charge in [0.05, 0.1) is 0 Å². The van der Waals surface area contributed by atoms with Gasteiger partial charge in [0.1, 0.15) is 0 Å². The van der Waals surface area contributed by atoms with E-state index in [0.29, 0.717) is 5.76 Å². The van der Waals surface area contributed by atoms with Crippen molar-refractivity contribution in [3.8, 4) is 5.88 Å². The van der Waals surface area contributed by atoms with Gasteiger partial charge in [-0.05, 0) is 0 Å². The molecule has 0 aromatic carbocycles. The van der Waals surface area contributed by atoms with E-state index in [0.717, 1.165) is 0 Å². The van der Waals surface area contributed by atoms with E-state index in [2.05, 4.69) is 14.9 Å². The first-order valence-electron chi connectivity index (χ1n) is 2.73. The lowest BCUT2D eigenvalue weighted by Crippen LogP contribution is -1.82. The van der Waals surface area contributed by atoms with Crippen LogP contribution >= 0.6 is 0 Å². The first kappa shape index (κ1) is 6.07. The number of aromatic hydroxyl groups is 1. The van der Waals surface area contributed by atoms with Crippen molar-refractivity contribution in [2.24, 2.45) is 0 Å². The van der Waals surface area contributed by atoms with Crippen LogP contribution in [0.2, 0.25) is 0 Å². The monoisotopic (exact) mass is 128 g/mol. The third kappa shape index (κ3) is 1.01. The van der Waals surface area contributed by atoms with Crippen molar-refractivity contribution in [1.29, 1.82) is 0 Å². The number of nitrogens with zero attached hydrogens (tertiary/aromatic N) is 2. The molecule has 1 heterocycles. The molecule has 0 spiro atoms. The van der Waals surface area contributed by atoms with Crippen molar-refractivity contribution in [3.05, 3.63) is 5.76 Å². The zero-order chi connectivity index (χ0) is 6.85. The average Bonchev–Trinajstić information content (AvgIpc) is 2.13. The Morgan fingerprint density at radius 3 is 2.44 bits per heavy atom. The van der Waals surface area contributed by atoms with Gasteiger partial charge in [0.2, 0.25) is 5.76 Å². The van der Waals surface area contributed by atoms with Gasteiger partial charge in [0, 0.05) is 11.2 Å². The lowest BCUT2D eigenvalue weighted by atomic mass is 10.2. The van der Waals surface area contributed by atoms with Crippen molar-refractivity contribution in [3.63, 3.8) is 0 Å². The van der Waals surface area contributed by atoms with E-state index < -0.39 is 0 Å². The molecular formula is C5H8N2O2. The smallest absolute Gasteiger partial charge is 0.276 e. The summed E-state index contributed by atoms with van der Waals surface area (Å²) in [6, 6.07) is 0. The van der Waals surface area contributed by atoms with Crippen molar-refractivity contribution in [2.75, 3.05) is 0 Å². The Labute approximate surface area is 52.5 Å². The molecule has 0 bridgehead atoms. The second-order valence-electron chi connectivity index (χ2n) is 2.12. The van der Waals surface area contributed by atoms with E-state index in [4.69, 9.17) is 5.11 Å². The number of hydrogen-bond donors (Lipinski definition) is 1. The van der Waals surface area contributed by atoms with Gasteiger partial charge in [0.15, 0.2) is 0 Å². The van der Waals surface area contributed by atoms with Crippen LogP contribution in [0.4, 0.5) is 0 Å². The molecule has 0 amide bonds. The molecule has 0 atom stereocenters. The molecule has 1 rings (SSSR count). The van der Waals surface area contributed by atoms with Crippen molar-refractivity contribution < 1.29 is 9.63 Å². The standard InChI is InChI=1S/C5H8N2O2/c1-3(2)4-5(8)6-7-9-4/h3,8H,1-2H3. The fraction of sp³-hybridized carbons (Fsp3) is 0.600. The third-order valence-corrected chi connectivity index (χ3v) is 1.02. The maximum absolute atomic E-state index is 8.85. The molecule has 0 fully saturated rings. The highest BCUT2D eigenvalue weighted by molar-refractivity contribution is 5.13. The molecule has 1 aromatic heterocycles. The molecule has 0 saturated carbocycles. The normalized spacial score (nSPS) is 10.6. The van der Waals surface area contributed by atoms with Crippen molar-refractivity contribution in [2.45, 2.75) is 19.8 Å². The second kappa shape index (κ2) is 2.05. The average molecular weight is 128 g/mol. The van der Waals surface area contributed by atoms with Gasteiger partial charge in [-0.15, -0.1) is 0 Å². The quantitative estimate of drug-likeness (QED) is 0.610. The summed E-state index contributed by atoms with van der Waals surface area (Å²) in [4.78, 5) is 0. The number of rotatable bonds is 1. The molecule has 0 radical (unpaired) electrons. The Hall–Kier alpha value is -1.06. The summed E-state index contributed by atoms with van der Waals surface area (Å²) >= 11 is 0. The Balaban J connectivity index is 2.94. The third-order valence-electron chi connectivity index (χ3n) is 1.02. The van der Waals surface area contributed by atoms with Gasteiger partial charge in [0.25, 0.3) is 5.88 Å².